The molecular formula is C20H19F6N3O3. The van der Waals surface area contributed by atoms with E-state index in [-0.39, 0.29) is 23.2 Å². The van der Waals surface area contributed by atoms with Crippen molar-refractivity contribution in [3.05, 3.63) is 46.8 Å². The second-order valence-electron chi connectivity index (χ2n) is 8.06. The summed E-state index contributed by atoms with van der Waals surface area (Å²) in [5.74, 6) is -3.10. The Hall–Kier alpha value is -2.60. The number of benzene rings is 1. The Bertz CT molecular complexity index is 1050. The summed E-state index contributed by atoms with van der Waals surface area (Å²) in [5, 5.41) is 16.1. The number of carbonyl (C=O) groups excluding carboxylic acids is 1. The Morgan fingerprint density at radius 3 is 2.53 bits per heavy atom. The number of aryl methyl sites for hydroxylation is 1. The molecule has 0 spiro atoms. The Morgan fingerprint density at radius 1 is 1.22 bits per heavy atom. The molecule has 1 aromatic carbocycles. The van der Waals surface area contributed by atoms with Crippen LogP contribution in [0, 0.1) is 12.8 Å². The molecular weight excluding hydrogens is 444 g/mol. The molecule has 2 aliphatic heterocycles. The highest BCUT2D eigenvalue weighted by atomic mass is 19.4. The van der Waals surface area contributed by atoms with Gasteiger partial charge in [-0.1, -0.05) is 6.07 Å². The number of aliphatic hydroxyl groups is 1. The van der Waals surface area contributed by atoms with E-state index in [0.29, 0.717) is 0 Å². The Labute approximate surface area is 178 Å². The maximum absolute atomic E-state index is 13.6. The molecule has 0 unspecified atom stereocenters. The SMILES string of the molecule is Cc1c(NC(=O)[C@@H]2[C@@H](c3cn(C)nc3C(F)(F)F)[C@H]3O[C@@H]2C[C@@H]3O)cccc1C(F)(F)F. The van der Waals surface area contributed by atoms with Crippen LogP contribution < -0.4 is 5.32 Å². The number of carbonyl (C=O) groups is 1. The lowest BCUT2D eigenvalue weighted by Crippen LogP contribution is -2.41. The third kappa shape index (κ3) is 3.75. The van der Waals surface area contributed by atoms with Gasteiger partial charge in [-0.15, -0.1) is 0 Å². The number of hydrogen-bond acceptors (Lipinski definition) is 4. The topological polar surface area (TPSA) is 76.4 Å². The monoisotopic (exact) mass is 463 g/mol. The molecule has 0 aliphatic carbocycles. The van der Waals surface area contributed by atoms with Crippen molar-refractivity contribution in [2.45, 2.75) is 49.9 Å². The van der Waals surface area contributed by atoms with Gasteiger partial charge in [0.05, 0.1) is 29.8 Å². The maximum Gasteiger partial charge on any atom is 0.435 e. The predicted molar refractivity (Wildman–Crippen MR) is 98.5 cm³/mol. The summed E-state index contributed by atoms with van der Waals surface area (Å²) in [6.07, 6.45) is -11.3. The highest BCUT2D eigenvalue weighted by Crippen LogP contribution is 2.51. The minimum atomic E-state index is -4.80. The number of fused-ring (bicyclic) bond motifs is 2. The second kappa shape index (κ2) is 7.48. The zero-order valence-electron chi connectivity index (χ0n) is 16.8. The molecule has 174 valence electrons. The van der Waals surface area contributed by atoms with Gasteiger partial charge in [-0.25, -0.2) is 0 Å². The number of alkyl halides is 6. The fourth-order valence-electron chi connectivity index (χ4n) is 4.68. The standard InChI is InChI=1S/C20H19F6N3O3/c1-8-10(19(21,22)23)4-3-5-11(8)27-18(31)15-13-6-12(30)16(32-13)14(15)9-7-29(2)28-17(9)20(24,25)26/h3-5,7,12-16,30H,6H2,1-2H3,(H,27,31)/t12-,13+,14+,15-,16-/m0/s1. The fraction of sp³-hybridized carbons (Fsp3) is 0.500. The molecule has 5 atom stereocenters. The van der Waals surface area contributed by atoms with Crippen LogP contribution in [0.3, 0.4) is 0 Å². The molecule has 4 rings (SSSR count). The van der Waals surface area contributed by atoms with Gasteiger partial charge in [-0.3, -0.25) is 9.48 Å². The average Bonchev–Trinajstić information content (AvgIpc) is 3.33. The zero-order chi connectivity index (χ0) is 23.6. The first-order valence-electron chi connectivity index (χ1n) is 9.71. The fourth-order valence-corrected chi connectivity index (χ4v) is 4.68. The number of nitrogens with zero attached hydrogens (tertiary/aromatic N) is 2. The van der Waals surface area contributed by atoms with E-state index >= 15 is 0 Å². The lowest BCUT2D eigenvalue weighted by atomic mass is 9.73. The molecule has 2 bridgehead atoms. The van der Waals surface area contributed by atoms with Gasteiger partial charge >= 0.3 is 12.4 Å². The summed E-state index contributed by atoms with van der Waals surface area (Å²) in [6.45, 7) is 1.19. The average molecular weight is 463 g/mol. The number of amides is 1. The summed E-state index contributed by atoms with van der Waals surface area (Å²) in [4.78, 5) is 13.1. The van der Waals surface area contributed by atoms with Crippen molar-refractivity contribution in [3.63, 3.8) is 0 Å². The van der Waals surface area contributed by atoms with Crippen LogP contribution in [0.4, 0.5) is 32.0 Å². The molecule has 2 saturated heterocycles. The minimum Gasteiger partial charge on any atom is -0.390 e. The molecule has 3 heterocycles. The Balaban J connectivity index is 1.70. The predicted octanol–water partition coefficient (Wildman–Crippen LogP) is 3.64. The molecule has 2 aromatic rings. The zero-order valence-corrected chi connectivity index (χ0v) is 16.8. The first kappa shape index (κ1) is 22.6. The molecule has 0 radical (unpaired) electrons. The molecule has 2 aliphatic rings. The van der Waals surface area contributed by atoms with E-state index in [2.05, 4.69) is 10.4 Å². The smallest absolute Gasteiger partial charge is 0.390 e. The second-order valence-corrected chi connectivity index (χ2v) is 8.06. The van der Waals surface area contributed by atoms with Gasteiger partial charge in [-0.2, -0.15) is 31.4 Å². The lowest BCUT2D eigenvalue weighted by Gasteiger charge is -2.30. The Kier molecular flexibility index (Phi) is 5.28. The quantitative estimate of drug-likeness (QED) is 0.682. The summed E-state index contributed by atoms with van der Waals surface area (Å²) in [5.41, 5.74) is -2.74. The number of aliphatic hydroxyl groups excluding tert-OH is 1. The first-order chi connectivity index (χ1) is 14.8. The molecule has 12 heteroatoms. The van der Waals surface area contributed by atoms with Gasteiger partial charge in [0.15, 0.2) is 5.69 Å². The van der Waals surface area contributed by atoms with E-state index in [0.717, 1.165) is 23.0 Å². The molecule has 1 amide bonds. The third-order valence-electron chi connectivity index (χ3n) is 6.01. The van der Waals surface area contributed by atoms with Crippen molar-refractivity contribution in [2.24, 2.45) is 13.0 Å². The van der Waals surface area contributed by atoms with Gasteiger partial charge < -0.3 is 15.2 Å². The normalized spacial score (nSPS) is 27.7. The maximum atomic E-state index is 13.6. The van der Waals surface area contributed by atoms with Crippen molar-refractivity contribution >= 4 is 11.6 Å². The number of hydrogen-bond donors (Lipinski definition) is 2. The van der Waals surface area contributed by atoms with E-state index in [1.807, 2.05) is 0 Å². The van der Waals surface area contributed by atoms with Crippen molar-refractivity contribution < 1.29 is 41.0 Å². The molecule has 32 heavy (non-hydrogen) atoms. The number of rotatable bonds is 3. The molecule has 0 saturated carbocycles. The first-order valence-corrected chi connectivity index (χ1v) is 9.71. The highest BCUT2D eigenvalue weighted by Gasteiger charge is 2.59. The summed E-state index contributed by atoms with van der Waals surface area (Å²) in [6, 6.07) is 3.29. The summed E-state index contributed by atoms with van der Waals surface area (Å²) in [7, 11) is 1.30. The van der Waals surface area contributed by atoms with Crippen molar-refractivity contribution in [1.82, 2.24) is 9.78 Å². The van der Waals surface area contributed by atoms with E-state index in [4.69, 9.17) is 4.74 Å². The van der Waals surface area contributed by atoms with Crippen LogP contribution in [0.25, 0.3) is 0 Å². The van der Waals surface area contributed by atoms with Crippen LogP contribution in [-0.2, 0) is 28.9 Å². The number of halogens is 6. The van der Waals surface area contributed by atoms with Gasteiger partial charge in [0.25, 0.3) is 0 Å². The summed E-state index contributed by atoms with van der Waals surface area (Å²) < 4.78 is 86.8. The molecule has 2 N–H and O–H groups in total. The number of ether oxygens (including phenoxy) is 1. The van der Waals surface area contributed by atoms with Gasteiger partial charge in [0.2, 0.25) is 5.91 Å². The molecule has 1 aromatic heterocycles. The molecule has 6 nitrogen and oxygen atoms in total. The van der Waals surface area contributed by atoms with Crippen LogP contribution in [0.5, 0.6) is 0 Å². The Morgan fingerprint density at radius 2 is 1.91 bits per heavy atom. The van der Waals surface area contributed by atoms with E-state index < -0.39 is 59.7 Å². The summed E-state index contributed by atoms with van der Waals surface area (Å²) >= 11 is 0. The minimum absolute atomic E-state index is 0.0302. The van der Waals surface area contributed by atoms with Gasteiger partial charge in [0, 0.05) is 36.8 Å². The van der Waals surface area contributed by atoms with Crippen LogP contribution in [0.15, 0.2) is 24.4 Å². The molecule has 2 fully saturated rings. The van der Waals surface area contributed by atoms with E-state index in [9.17, 15) is 36.2 Å². The number of nitrogens with one attached hydrogen (secondary N) is 1. The van der Waals surface area contributed by atoms with Crippen LogP contribution in [0.2, 0.25) is 0 Å². The van der Waals surface area contributed by atoms with Crippen molar-refractivity contribution in [1.29, 1.82) is 0 Å². The van der Waals surface area contributed by atoms with E-state index in [1.54, 1.807) is 0 Å². The van der Waals surface area contributed by atoms with Crippen molar-refractivity contribution in [3.8, 4) is 0 Å². The number of aromatic nitrogens is 2. The highest BCUT2D eigenvalue weighted by molar-refractivity contribution is 5.95. The van der Waals surface area contributed by atoms with Crippen LogP contribution in [-0.4, -0.2) is 39.1 Å². The lowest BCUT2D eigenvalue weighted by molar-refractivity contribution is -0.143. The number of anilines is 1. The van der Waals surface area contributed by atoms with Crippen LogP contribution in [0.1, 0.15) is 34.7 Å². The van der Waals surface area contributed by atoms with Gasteiger partial charge in [-0.05, 0) is 24.6 Å². The van der Waals surface area contributed by atoms with Crippen molar-refractivity contribution in [2.75, 3.05) is 5.32 Å². The van der Waals surface area contributed by atoms with Crippen LogP contribution >= 0.6 is 0 Å². The third-order valence-corrected chi connectivity index (χ3v) is 6.01. The van der Waals surface area contributed by atoms with Gasteiger partial charge in [0.1, 0.15) is 0 Å². The van der Waals surface area contributed by atoms with E-state index in [1.165, 1.54) is 20.0 Å². The largest absolute Gasteiger partial charge is 0.435 e.